The molecule has 2 aromatic carbocycles. The van der Waals surface area contributed by atoms with E-state index in [4.69, 9.17) is 9.47 Å². The zero-order valence-corrected chi connectivity index (χ0v) is 15.2. The Bertz CT molecular complexity index is 896. The molecule has 0 radical (unpaired) electrons. The van der Waals surface area contributed by atoms with Crippen LogP contribution in [0.3, 0.4) is 0 Å². The lowest BCUT2D eigenvalue weighted by molar-refractivity contribution is 0.0946. The van der Waals surface area contributed by atoms with Crippen molar-refractivity contribution in [1.29, 1.82) is 0 Å². The van der Waals surface area contributed by atoms with E-state index in [-0.39, 0.29) is 5.91 Å². The molecule has 0 bridgehead atoms. The Morgan fingerprint density at radius 1 is 1.00 bits per heavy atom. The van der Waals surface area contributed by atoms with E-state index in [1.54, 1.807) is 38.6 Å². The fourth-order valence-electron chi connectivity index (χ4n) is 2.53. The van der Waals surface area contributed by atoms with Crippen molar-refractivity contribution in [2.24, 2.45) is 0 Å². The number of ether oxygens (including phenoxy) is 2. The Balaban J connectivity index is 1.64. The van der Waals surface area contributed by atoms with Gasteiger partial charge in [0.25, 0.3) is 5.91 Å². The zero-order chi connectivity index (χ0) is 19.1. The first kappa shape index (κ1) is 18.3. The summed E-state index contributed by atoms with van der Waals surface area (Å²) in [4.78, 5) is 16.5. The average molecular weight is 363 g/mol. The first-order valence-corrected chi connectivity index (χ1v) is 8.47. The van der Waals surface area contributed by atoms with Gasteiger partial charge in [0.15, 0.2) is 0 Å². The Labute approximate surface area is 158 Å². The molecule has 3 rings (SSSR count). The van der Waals surface area contributed by atoms with Crippen LogP contribution in [0.1, 0.15) is 16.1 Å². The van der Waals surface area contributed by atoms with Gasteiger partial charge in [-0.15, -0.1) is 0 Å². The molecule has 3 aromatic rings. The molecule has 0 saturated heterocycles. The maximum Gasteiger partial charge on any atom is 0.270 e. The molecule has 27 heavy (non-hydrogen) atoms. The van der Waals surface area contributed by atoms with Gasteiger partial charge in [-0.1, -0.05) is 30.3 Å². The lowest BCUT2D eigenvalue weighted by atomic mass is 10.2. The number of hydrogen-bond donors (Lipinski definition) is 2. The smallest absolute Gasteiger partial charge is 0.270 e. The van der Waals surface area contributed by atoms with Gasteiger partial charge in [-0.25, -0.2) is 4.98 Å². The van der Waals surface area contributed by atoms with E-state index in [0.29, 0.717) is 23.7 Å². The standard InChI is InChI=1S/C21H21N3O3/c1-26-17-9-11-18(20(12-17)27-2)24-16-8-10-19(22-14-16)21(25)23-13-15-6-4-3-5-7-15/h3-12,14,24H,13H2,1-2H3,(H,23,25). The minimum atomic E-state index is -0.215. The van der Waals surface area contributed by atoms with Crippen LogP contribution in [0.2, 0.25) is 0 Å². The highest BCUT2D eigenvalue weighted by Crippen LogP contribution is 2.31. The van der Waals surface area contributed by atoms with Gasteiger partial charge in [0.2, 0.25) is 0 Å². The predicted octanol–water partition coefficient (Wildman–Crippen LogP) is 3.77. The summed E-state index contributed by atoms with van der Waals surface area (Å²) in [6.45, 7) is 0.463. The van der Waals surface area contributed by atoms with Crippen molar-refractivity contribution < 1.29 is 14.3 Å². The van der Waals surface area contributed by atoms with Crippen LogP contribution in [0.4, 0.5) is 11.4 Å². The number of nitrogens with zero attached hydrogens (tertiary/aromatic N) is 1. The maximum absolute atomic E-state index is 12.2. The van der Waals surface area contributed by atoms with Gasteiger partial charge in [0.1, 0.15) is 17.2 Å². The van der Waals surface area contributed by atoms with E-state index in [9.17, 15) is 4.79 Å². The molecule has 0 aliphatic rings. The predicted molar refractivity (Wildman–Crippen MR) is 105 cm³/mol. The highest BCUT2D eigenvalue weighted by molar-refractivity contribution is 5.92. The van der Waals surface area contributed by atoms with Crippen LogP contribution < -0.4 is 20.1 Å². The summed E-state index contributed by atoms with van der Waals surface area (Å²) in [5, 5.41) is 6.08. The summed E-state index contributed by atoms with van der Waals surface area (Å²) in [6, 6.07) is 18.7. The summed E-state index contributed by atoms with van der Waals surface area (Å²) in [5.41, 5.74) is 2.92. The van der Waals surface area contributed by atoms with E-state index in [2.05, 4.69) is 15.6 Å². The lowest BCUT2D eigenvalue weighted by Gasteiger charge is -2.12. The Kier molecular flexibility index (Phi) is 5.89. The number of pyridine rings is 1. The number of rotatable bonds is 7. The largest absolute Gasteiger partial charge is 0.497 e. The van der Waals surface area contributed by atoms with Crippen molar-refractivity contribution in [3.05, 3.63) is 78.1 Å². The second kappa shape index (κ2) is 8.71. The van der Waals surface area contributed by atoms with Gasteiger partial charge >= 0.3 is 0 Å². The van der Waals surface area contributed by atoms with Gasteiger partial charge in [-0.05, 0) is 29.8 Å². The highest BCUT2D eigenvalue weighted by Gasteiger charge is 2.09. The second-order valence-corrected chi connectivity index (χ2v) is 5.79. The molecule has 0 atom stereocenters. The first-order valence-electron chi connectivity index (χ1n) is 8.47. The van der Waals surface area contributed by atoms with Crippen LogP contribution >= 0.6 is 0 Å². The topological polar surface area (TPSA) is 72.5 Å². The van der Waals surface area contributed by atoms with Crippen LogP contribution in [0.25, 0.3) is 0 Å². The number of carbonyl (C=O) groups excluding carboxylic acids is 1. The van der Waals surface area contributed by atoms with Gasteiger partial charge in [-0.3, -0.25) is 4.79 Å². The molecule has 6 nitrogen and oxygen atoms in total. The minimum Gasteiger partial charge on any atom is -0.497 e. The van der Waals surface area contributed by atoms with Crippen molar-refractivity contribution in [2.75, 3.05) is 19.5 Å². The van der Waals surface area contributed by atoms with Crippen LogP contribution in [0.5, 0.6) is 11.5 Å². The molecule has 0 fully saturated rings. The summed E-state index contributed by atoms with van der Waals surface area (Å²) >= 11 is 0. The van der Waals surface area contributed by atoms with Crippen molar-refractivity contribution in [3.63, 3.8) is 0 Å². The van der Waals surface area contributed by atoms with Crippen molar-refractivity contribution >= 4 is 17.3 Å². The number of benzene rings is 2. The number of aromatic nitrogens is 1. The molecule has 1 aromatic heterocycles. The van der Waals surface area contributed by atoms with E-state index in [1.165, 1.54) is 0 Å². The number of methoxy groups -OCH3 is 2. The number of amides is 1. The molecule has 1 heterocycles. The van der Waals surface area contributed by atoms with Crippen molar-refractivity contribution in [3.8, 4) is 11.5 Å². The molecule has 138 valence electrons. The fourth-order valence-corrected chi connectivity index (χ4v) is 2.53. The molecule has 0 aliphatic carbocycles. The number of nitrogens with one attached hydrogen (secondary N) is 2. The Morgan fingerprint density at radius 3 is 2.48 bits per heavy atom. The summed E-state index contributed by atoms with van der Waals surface area (Å²) in [6.07, 6.45) is 1.61. The van der Waals surface area contributed by atoms with Gasteiger partial charge in [-0.2, -0.15) is 0 Å². The Hall–Kier alpha value is -3.54. The molecule has 0 spiro atoms. The summed E-state index contributed by atoms with van der Waals surface area (Å²) in [7, 11) is 3.20. The highest BCUT2D eigenvalue weighted by atomic mass is 16.5. The monoisotopic (exact) mass is 363 g/mol. The van der Waals surface area contributed by atoms with Crippen LogP contribution in [-0.2, 0) is 6.54 Å². The van der Waals surface area contributed by atoms with Gasteiger partial charge < -0.3 is 20.1 Å². The maximum atomic E-state index is 12.2. The normalized spacial score (nSPS) is 10.1. The molecular weight excluding hydrogens is 342 g/mol. The molecule has 1 amide bonds. The van der Waals surface area contributed by atoms with Crippen molar-refractivity contribution in [2.45, 2.75) is 6.54 Å². The molecular formula is C21H21N3O3. The van der Waals surface area contributed by atoms with E-state index in [1.807, 2.05) is 42.5 Å². The lowest BCUT2D eigenvalue weighted by Crippen LogP contribution is -2.23. The molecule has 6 heteroatoms. The number of anilines is 2. The third-order valence-corrected chi connectivity index (χ3v) is 3.98. The van der Waals surface area contributed by atoms with E-state index < -0.39 is 0 Å². The second-order valence-electron chi connectivity index (χ2n) is 5.79. The number of hydrogen-bond acceptors (Lipinski definition) is 5. The first-order chi connectivity index (χ1) is 13.2. The third-order valence-electron chi connectivity index (χ3n) is 3.98. The van der Waals surface area contributed by atoms with Crippen LogP contribution in [-0.4, -0.2) is 25.1 Å². The third kappa shape index (κ3) is 4.76. The number of carbonyl (C=O) groups is 1. The van der Waals surface area contributed by atoms with E-state index in [0.717, 1.165) is 16.9 Å². The van der Waals surface area contributed by atoms with Crippen LogP contribution in [0.15, 0.2) is 66.9 Å². The van der Waals surface area contributed by atoms with Gasteiger partial charge in [0, 0.05) is 12.6 Å². The van der Waals surface area contributed by atoms with Gasteiger partial charge in [0.05, 0.1) is 31.8 Å². The SMILES string of the molecule is COc1ccc(Nc2ccc(C(=O)NCc3ccccc3)nc2)c(OC)c1. The molecule has 2 N–H and O–H groups in total. The quantitative estimate of drug-likeness (QED) is 0.668. The summed E-state index contributed by atoms with van der Waals surface area (Å²) in [5.74, 6) is 1.15. The Morgan fingerprint density at radius 2 is 1.81 bits per heavy atom. The fraction of sp³-hybridized carbons (Fsp3) is 0.143. The molecule has 0 saturated carbocycles. The zero-order valence-electron chi connectivity index (χ0n) is 15.2. The summed E-state index contributed by atoms with van der Waals surface area (Å²) < 4.78 is 10.6. The van der Waals surface area contributed by atoms with Crippen LogP contribution in [0, 0.1) is 0 Å². The molecule has 0 unspecified atom stereocenters. The minimum absolute atomic E-state index is 0.215. The van der Waals surface area contributed by atoms with Crippen molar-refractivity contribution in [1.82, 2.24) is 10.3 Å². The van der Waals surface area contributed by atoms with E-state index >= 15 is 0 Å². The average Bonchev–Trinajstić information content (AvgIpc) is 2.73. The molecule has 0 aliphatic heterocycles.